The van der Waals surface area contributed by atoms with Crippen molar-refractivity contribution in [1.29, 1.82) is 0 Å². The summed E-state index contributed by atoms with van der Waals surface area (Å²) in [5.74, 6) is -0.485. The first-order valence-electron chi connectivity index (χ1n) is 5.68. The second kappa shape index (κ2) is 5.48. The van der Waals surface area contributed by atoms with Gasteiger partial charge in [-0.05, 0) is 36.8 Å². The molecule has 0 radical (unpaired) electrons. The summed E-state index contributed by atoms with van der Waals surface area (Å²) in [7, 11) is 1.30. The number of methoxy groups -OCH3 is 1. The molecular formula is C14H13FN2O2. The van der Waals surface area contributed by atoms with Crippen LogP contribution in [-0.4, -0.2) is 18.1 Å². The number of aryl methyl sites for hydroxylation is 1. The fourth-order valence-electron chi connectivity index (χ4n) is 1.59. The molecule has 0 aliphatic heterocycles. The van der Waals surface area contributed by atoms with Gasteiger partial charge in [-0.3, -0.25) is 0 Å². The molecule has 98 valence electrons. The van der Waals surface area contributed by atoms with E-state index in [-0.39, 0.29) is 5.82 Å². The molecule has 4 nitrogen and oxygen atoms in total. The average Bonchev–Trinajstić information content (AvgIpc) is 2.43. The Kier molecular flexibility index (Phi) is 3.75. The third kappa shape index (κ3) is 2.88. The van der Waals surface area contributed by atoms with Crippen LogP contribution in [0.15, 0.2) is 36.5 Å². The first kappa shape index (κ1) is 13.0. The molecule has 0 saturated heterocycles. The van der Waals surface area contributed by atoms with Crippen LogP contribution >= 0.6 is 0 Å². The van der Waals surface area contributed by atoms with Crippen LogP contribution in [0, 0.1) is 12.7 Å². The van der Waals surface area contributed by atoms with Gasteiger partial charge >= 0.3 is 5.97 Å². The number of hydrogen-bond donors (Lipinski definition) is 1. The SMILES string of the molecule is COC(=O)c1cccnc1Nc1ccc(C)c(F)c1. The largest absolute Gasteiger partial charge is 0.465 e. The topological polar surface area (TPSA) is 51.2 Å². The number of halogens is 1. The highest BCUT2D eigenvalue weighted by atomic mass is 19.1. The third-order valence-electron chi connectivity index (χ3n) is 2.65. The fraction of sp³-hybridized carbons (Fsp3) is 0.143. The van der Waals surface area contributed by atoms with Crippen LogP contribution in [0.25, 0.3) is 0 Å². The molecule has 1 heterocycles. The normalized spacial score (nSPS) is 10.1. The maximum absolute atomic E-state index is 13.5. The van der Waals surface area contributed by atoms with E-state index in [4.69, 9.17) is 0 Å². The summed E-state index contributed by atoms with van der Waals surface area (Å²) in [6, 6.07) is 7.94. The lowest BCUT2D eigenvalue weighted by Crippen LogP contribution is -2.07. The highest BCUT2D eigenvalue weighted by molar-refractivity contribution is 5.95. The zero-order valence-electron chi connectivity index (χ0n) is 10.6. The Hall–Kier alpha value is -2.43. The molecule has 0 unspecified atom stereocenters. The van der Waals surface area contributed by atoms with Crippen molar-refractivity contribution in [2.45, 2.75) is 6.92 Å². The molecule has 2 aromatic rings. The number of ether oxygens (including phenoxy) is 1. The molecule has 0 aliphatic carbocycles. The number of hydrogen-bond acceptors (Lipinski definition) is 4. The monoisotopic (exact) mass is 260 g/mol. The lowest BCUT2D eigenvalue weighted by atomic mass is 10.2. The Morgan fingerprint density at radius 3 is 2.84 bits per heavy atom. The first-order valence-corrected chi connectivity index (χ1v) is 5.68. The van der Waals surface area contributed by atoms with Gasteiger partial charge in [-0.25, -0.2) is 14.2 Å². The summed E-state index contributed by atoms with van der Waals surface area (Å²) >= 11 is 0. The maximum Gasteiger partial charge on any atom is 0.341 e. The minimum atomic E-state index is -0.497. The van der Waals surface area contributed by atoms with Crippen LogP contribution in [0.2, 0.25) is 0 Å². The number of anilines is 2. The van der Waals surface area contributed by atoms with Gasteiger partial charge in [0.15, 0.2) is 0 Å². The summed E-state index contributed by atoms with van der Waals surface area (Å²) in [4.78, 5) is 15.6. The van der Waals surface area contributed by atoms with Crippen LogP contribution in [0.4, 0.5) is 15.9 Å². The Labute approximate surface area is 110 Å². The van der Waals surface area contributed by atoms with Crippen LogP contribution in [0.1, 0.15) is 15.9 Å². The quantitative estimate of drug-likeness (QED) is 0.862. The zero-order valence-corrected chi connectivity index (χ0v) is 10.6. The molecule has 1 aromatic heterocycles. The van der Waals surface area contributed by atoms with Gasteiger partial charge in [-0.1, -0.05) is 6.07 Å². The van der Waals surface area contributed by atoms with Gasteiger partial charge in [0.05, 0.1) is 7.11 Å². The molecule has 2 rings (SSSR count). The number of benzene rings is 1. The Morgan fingerprint density at radius 1 is 1.37 bits per heavy atom. The Morgan fingerprint density at radius 2 is 2.16 bits per heavy atom. The third-order valence-corrected chi connectivity index (χ3v) is 2.65. The van der Waals surface area contributed by atoms with E-state index in [1.807, 2.05) is 0 Å². The van der Waals surface area contributed by atoms with E-state index >= 15 is 0 Å². The second-order valence-electron chi connectivity index (χ2n) is 3.98. The predicted molar refractivity (Wildman–Crippen MR) is 70.0 cm³/mol. The van der Waals surface area contributed by atoms with Crippen molar-refractivity contribution in [3.8, 4) is 0 Å². The number of esters is 1. The predicted octanol–water partition coefficient (Wildman–Crippen LogP) is 3.06. The molecular weight excluding hydrogens is 247 g/mol. The van der Waals surface area contributed by atoms with Crippen LogP contribution in [0.5, 0.6) is 0 Å². The highest BCUT2D eigenvalue weighted by Gasteiger charge is 2.12. The molecule has 0 fully saturated rings. The maximum atomic E-state index is 13.5. The van der Waals surface area contributed by atoms with Crippen molar-refractivity contribution >= 4 is 17.5 Å². The number of nitrogens with zero attached hydrogens (tertiary/aromatic N) is 1. The van der Waals surface area contributed by atoms with Gasteiger partial charge < -0.3 is 10.1 Å². The van der Waals surface area contributed by atoms with Gasteiger partial charge in [-0.15, -0.1) is 0 Å². The molecule has 0 bridgehead atoms. The van der Waals surface area contributed by atoms with Crippen molar-refractivity contribution in [3.05, 3.63) is 53.5 Å². The number of rotatable bonds is 3. The number of nitrogens with one attached hydrogen (secondary N) is 1. The molecule has 1 aromatic carbocycles. The van der Waals surface area contributed by atoms with Crippen molar-refractivity contribution in [3.63, 3.8) is 0 Å². The van der Waals surface area contributed by atoms with E-state index in [2.05, 4.69) is 15.0 Å². The molecule has 0 spiro atoms. The zero-order chi connectivity index (χ0) is 13.8. The van der Waals surface area contributed by atoms with Gasteiger partial charge in [0.1, 0.15) is 17.2 Å². The number of aromatic nitrogens is 1. The highest BCUT2D eigenvalue weighted by Crippen LogP contribution is 2.20. The van der Waals surface area contributed by atoms with E-state index < -0.39 is 5.97 Å². The molecule has 1 N–H and O–H groups in total. The van der Waals surface area contributed by atoms with Crippen LogP contribution < -0.4 is 5.32 Å². The Bertz CT molecular complexity index is 614. The lowest BCUT2D eigenvalue weighted by molar-refractivity contribution is 0.0601. The van der Waals surface area contributed by atoms with Gasteiger partial charge in [0.2, 0.25) is 0 Å². The summed E-state index contributed by atoms with van der Waals surface area (Å²) in [5, 5.41) is 2.90. The summed E-state index contributed by atoms with van der Waals surface area (Å²) in [6.45, 7) is 1.68. The molecule has 0 amide bonds. The van der Waals surface area contributed by atoms with E-state index in [1.165, 1.54) is 13.2 Å². The number of pyridine rings is 1. The van der Waals surface area contributed by atoms with Crippen molar-refractivity contribution in [2.24, 2.45) is 0 Å². The second-order valence-corrected chi connectivity index (χ2v) is 3.98. The molecule has 0 aliphatic rings. The van der Waals surface area contributed by atoms with E-state index in [1.54, 1.807) is 37.4 Å². The van der Waals surface area contributed by atoms with Gasteiger partial charge in [0.25, 0.3) is 0 Å². The number of carbonyl (C=O) groups excluding carboxylic acids is 1. The summed E-state index contributed by atoms with van der Waals surface area (Å²) in [6.07, 6.45) is 1.54. The molecule has 19 heavy (non-hydrogen) atoms. The molecule has 0 saturated carbocycles. The lowest BCUT2D eigenvalue weighted by Gasteiger charge is -2.10. The van der Waals surface area contributed by atoms with E-state index in [0.29, 0.717) is 22.6 Å². The van der Waals surface area contributed by atoms with Crippen molar-refractivity contribution < 1.29 is 13.9 Å². The molecule has 0 atom stereocenters. The summed E-state index contributed by atoms with van der Waals surface area (Å²) in [5.41, 5.74) is 1.37. The van der Waals surface area contributed by atoms with Gasteiger partial charge in [0, 0.05) is 11.9 Å². The van der Waals surface area contributed by atoms with Crippen molar-refractivity contribution in [2.75, 3.05) is 12.4 Å². The average molecular weight is 260 g/mol. The van der Waals surface area contributed by atoms with Crippen LogP contribution in [-0.2, 0) is 4.74 Å². The van der Waals surface area contributed by atoms with Crippen LogP contribution in [0.3, 0.4) is 0 Å². The summed E-state index contributed by atoms with van der Waals surface area (Å²) < 4.78 is 18.1. The fourth-order valence-corrected chi connectivity index (χ4v) is 1.59. The smallest absolute Gasteiger partial charge is 0.341 e. The first-order chi connectivity index (χ1) is 9.11. The van der Waals surface area contributed by atoms with E-state index in [9.17, 15) is 9.18 Å². The molecule has 5 heteroatoms. The van der Waals surface area contributed by atoms with Crippen molar-refractivity contribution in [1.82, 2.24) is 4.98 Å². The van der Waals surface area contributed by atoms with E-state index in [0.717, 1.165) is 0 Å². The minimum absolute atomic E-state index is 0.297. The number of carbonyl (C=O) groups is 1. The minimum Gasteiger partial charge on any atom is -0.465 e. The van der Waals surface area contributed by atoms with Gasteiger partial charge in [-0.2, -0.15) is 0 Å². The standard InChI is InChI=1S/C14H13FN2O2/c1-9-5-6-10(8-12(9)15)17-13-11(14(18)19-2)4-3-7-16-13/h3-8H,1-2H3,(H,16,17). The Balaban J connectivity index is 2.32.